The Balaban J connectivity index is 2.40. The molecule has 4 nitrogen and oxygen atoms in total. The van der Waals surface area contributed by atoms with Gasteiger partial charge in [-0.25, -0.2) is 4.79 Å². The van der Waals surface area contributed by atoms with E-state index >= 15 is 0 Å². The second-order valence-electron chi connectivity index (χ2n) is 7.96. The van der Waals surface area contributed by atoms with Gasteiger partial charge in [-0.1, -0.05) is 27.7 Å². The lowest BCUT2D eigenvalue weighted by Gasteiger charge is -2.35. The van der Waals surface area contributed by atoms with E-state index in [2.05, 4.69) is 33.0 Å². The molecule has 0 aromatic carbocycles. The van der Waals surface area contributed by atoms with Crippen LogP contribution in [-0.4, -0.2) is 41.8 Å². The Hall–Kier alpha value is -0.770. The highest BCUT2D eigenvalue weighted by Crippen LogP contribution is 2.24. The van der Waals surface area contributed by atoms with Crippen molar-refractivity contribution in [1.29, 1.82) is 0 Å². The number of hydrogen-bond acceptors (Lipinski definition) is 2. The molecule has 0 saturated carbocycles. The van der Waals surface area contributed by atoms with Gasteiger partial charge in [0.2, 0.25) is 0 Å². The lowest BCUT2D eigenvalue weighted by atomic mass is 9.87. The summed E-state index contributed by atoms with van der Waals surface area (Å²) < 4.78 is 0. The standard InChI is InChI=1S/C17H34N2O2/c1-13(2)9-15-7-6-8-19(11-15)16(21)18-12-17(4,5)10-14(3)20/h13-15,20H,6-12H2,1-5H3,(H,18,21). The number of rotatable bonds is 6. The van der Waals surface area contributed by atoms with Crippen LogP contribution in [0.5, 0.6) is 0 Å². The topological polar surface area (TPSA) is 52.6 Å². The fourth-order valence-corrected chi connectivity index (χ4v) is 3.41. The molecule has 2 atom stereocenters. The van der Waals surface area contributed by atoms with Gasteiger partial charge in [0.05, 0.1) is 6.10 Å². The number of amides is 2. The quantitative estimate of drug-likeness (QED) is 0.791. The van der Waals surface area contributed by atoms with Crippen LogP contribution in [0.15, 0.2) is 0 Å². The lowest BCUT2D eigenvalue weighted by molar-refractivity contribution is 0.123. The molecule has 0 bridgehead atoms. The molecule has 0 aliphatic carbocycles. The first-order valence-corrected chi connectivity index (χ1v) is 8.40. The smallest absolute Gasteiger partial charge is 0.317 e. The van der Waals surface area contributed by atoms with E-state index in [1.54, 1.807) is 6.92 Å². The number of aliphatic hydroxyl groups excluding tert-OH is 1. The van der Waals surface area contributed by atoms with Gasteiger partial charge in [0.15, 0.2) is 0 Å². The summed E-state index contributed by atoms with van der Waals surface area (Å²) in [6.45, 7) is 12.8. The molecule has 1 fully saturated rings. The summed E-state index contributed by atoms with van der Waals surface area (Å²) in [5, 5.41) is 12.5. The molecule has 0 spiro atoms. The molecule has 1 saturated heterocycles. The third-order valence-electron chi connectivity index (χ3n) is 4.18. The molecule has 0 aromatic rings. The van der Waals surface area contributed by atoms with Gasteiger partial charge >= 0.3 is 6.03 Å². The van der Waals surface area contributed by atoms with Gasteiger partial charge in [0.25, 0.3) is 0 Å². The average molecular weight is 298 g/mol. The first-order valence-electron chi connectivity index (χ1n) is 8.40. The van der Waals surface area contributed by atoms with E-state index < -0.39 is 0 Å². The molecular weight excluding hydrogens is 264 g/mol. The van der Waals surface area contributed by atoms with E-state index in [9.17, 15) is 9.90 Å². The maximum Gasteiger partial charge on any atom is 0.317 e. The predicted octanol–water partition coefficient (Wildman–Crippen LogP) is 3.25. The van der Waals surface area contributed by atoms with Crippen LogP contribution in [-0.2, 0) is 0 Å². The lowest BCUT2D eigenvalue weighted by Crippen LogP contribution is -2.48. The number of aliphatic hydroxyl groups is 1. The van der Waals surface area contributed by atoms with E-state index in [1.807, 2.05) is 4.90 Å². The van der Waals surface area contributed by atoms with Crippen molar-refractivity contribution in [3.8, 4) is 0 Å². The molecule has 2 N–H and O–H groups in total. The zero-order valence-electron chi connectivity index (χ0n) is 14.5. The Morgan fingerprint density at radius 3 is 2.62 bits per heavy atom. The van der Waals surface area contributed by atoms with Gasteiger partial charge in [-0.3, -0.25) is 0 Å². The third-order valence-corrected chi connectivity index (χ3v) is 4.18. The summed E-state index contributed by atoms with van der Waals surface area (Å²) in [6.07, 6.45) is 3.93. The molecule has 2 unspecified atom stereocenters. The zero-order chi connectivity index (χ0) is 16.0. The van der Waals surface area contributed by atoms with Gasteiger partial charge in [-0.15, -0.1) is 0 Å². The van der Waals surface area contributed by atoms with Crippen LogP contribution in [0.3, 0.4) is 0 Å². The molecule has 4 heteroatoms. The fraction of sp³-hybridized carbons (Fsp3) is 0.941. The van der Waals surface area contributed by atoms with Crippen molar-refractivity contribution in [1.82, 2.24) is 10.2 Å². The van der Waals surface area contributed by atoms with Gasteiger partial charge in [-0.2, -0.15) is 0 Å². The zero-order valence-corrected chi connectivity index (χ0v) is 14.5. The molecule has 1 rings (SSSR count). The van der Waals surface area contributed by atoms with Crippen LogP contribution in [0.4, 0.5) is 4.79 Å². The monoisotopic (exact) mass is 298 g/mol. The van der Waals surface area contributed by atoms with E-state index in [1.165, 1.54) is 12.8 Å². The molecule has 1 heterocycles. The molecule has 1 aliphatic heterocycles. The molecule has 0 radical (unpaired) electrons. The second kappa shape index (κ2) is 8.02. The molecule has 124 valence electrons. The van der Waals surface area contributed by atoms with Crippen molar-refractivity contribution in [2.45, 2.75) is 66.4 Å². The van der Waals surface area contributed by atoms with Crippen molar-refractivity contribution in [3.05, 3.63) is 0 Å². The van der Waals surface area contributed by atoms with Crippen LogP contribution >= 0.6 is 0 Å². The van der Waals surface area contributed by atoms with Crippen LogP contribution in [0.25, 0.3) is 0 Å². The summed E-state index contributed by atoms with van der Waals surface area (Å²) in [6, 6.07) is 0.0575. The van der Waals surface area contributed by atoms with Gasteiger partial charge < -0.3 is 15.3 Å². The van der Waals surface area contributed by atoms with Crippen molar-refractivity contribution >= 4 is 6.03 Å². The Bertz CT molecular complexity index is 327. The first-order chi connectivity index (χ1) is 9.69. The highest BCUT2D eigenvalue weighted by molar-refractivity contribution is 5.74. The van der Waals surface area contributed by atoms with Crippen LogP contribution in [0.2, 0.25) is 0 Å². The van der Waals surface area contributed by atoms with E-state index in [0.717, 1.165) is 19.5 Å². The minimum atomic E-state index is -0.331. The number of piperidine rings is 1. The number of carbonyl (C=O) groups excluding carboxylic acids is 1. The molecule has 1 aliphatic rings. The summed E-state index contributed by atoms with van der Waals surface area (Å²) in [4.78, 5) is 14.3. The Kier molecular flexibility index (Phi) is 6.98. The number of nitrogens with zero attached hydrogens (tertiary/aromatic N) is 1. The molecule has 2 amide bonds. The van der Waals surface area contributed by atoms with Gasteiger partial charge in [0.1, 0.15) is 0 Å². The number of urea groups is 1. The van der Waals surface area contributed by atoms with E-state index in [4.69, 9.17) is 0 Å². The van der Waals surface area contributed by atoms with Gasteiger partial charge in [0, 0.05) is 19.6 Å². The molecular formula is C17H34N2O2. The maximum absolute atomic E-state index is 12.3. The first kappa shape index (κ1) is 18.3. The number of hydrogen-bond donors (Lipinski definition) is 2. The Labute approximate surface area is 130 Å². The van der Waals surface area contributed by atoms with Crippen molar-refractivity contribution in [2.75, 3.05) is 19.6 Å². The number of nitrogens with one attached hydrogen (secondary N) is 1. The highest BCUT2D eigenvalue weighted by Gasteiger charge is 2.26. The second-order valence-corrected chi connectivity index (χ2v) is 7.96. The largest absolute Gasteiger partial charge is 0.393 e. The van der Waals surface area contributed by atoms with Gasteiger partial charge in [-0.05, 0) is 49.9 Å². The fourth-order valence-electron chi connectivity index (χ4n) is 3.41. The van der Waals surface area contributed by atoms with Crippen LogP contribution in [0, 0.1) is 17.3 Å². The molecule has 0 aromatic heterocycles. The maximum atomic E-state index is 12.3. The predicted molar refractivity (Wildman–Crippen MR) is 87.2 cm³/mol. The van der Waals surface area contributed by atoms with E-state index in [-0.39, 0.29) is 17.6 Å². The Morgan fingerprint density at radius 1 is 1.38 bits per heavy atom. The number of likely N-dealkylation sites (tertiary alicyclic amines) is 1. The summed E-state index contributed by atoms with van der Waals surface area (Å²) >= 11 is 0. The van der Waals surface area contributed by atoms with Crippen molar-refractivity contribution in [3.63, 3.8) is 0 Å². The van der Waals surface area contributed by atoms with Crippen LogP contribution < -0.4 is 5.32 Å². The summed E-state index contributed by atoms with van der Waals surface area (Å²) in [5.41, 5.74) is -0.0725. The van der Waals surface area contributed by atoms with Crippen molar-refractivity contribution < 1.29 is 9.90 Å². The minimum absolute atomic E-state index is 0.0575. The summed E-state index contributed by atoms with van der Waals surface area (Å²) in [5.74, 6) is 1.35. The third kappa shape index (κ3) is 7.16. The Morgan fingerprint density at radius 2 is 2.05 bits per heavy atom. The number of carbonyl (C=O) groups is 1. The van der Waals surface area contributed by atoms with Crippen molar-refractivity contribution in [2.24, 2.45) is 17.3 Å². The average Bonchev–Trinajstić information content (AvgIpc) is 2.34. The minimum Gasteiger partial charge on any atom is -0.393 e. The highest BCUT2D eigenvalue weighted by atomic mass is 16.3. The normalized spacial score (nSPS) is 21.5. The SMILES string of the molecule is CC(C)CC1CCCN(C(=O)NCC(C)(C)CC(C)O)C1. The summed E-state index contributed by atoms with van der Waals surface area (Å²) in [7, 11) is 0. The molecule has 21 heavy (non-hydrogen) atoms. The van der Waals surface area contributed by atoms with Crippen LogP contribution in [0.1, 0.15) is 60.3 Å². The van der Waals surface area contributed by atoms with E-state index in [0.29, 0.717) is 24.8 Å².